The zero-order valence-electron chi connectivity index (χ0n) is 18.0. The summed E-state index contributed by atoms with van der Waals surface area (Å²) < 4.78 is 46.5. The molecule has 0 unspecified atom stereocenters. The van der Waals surface area contributed by atoms with E-state index in [1.54, 1.807) is 18.2 Å². The summed E-state index contributed by atoms with van der Waals surface area (Å²) in [7, 11) is 0. The van der Waals surface area contributed by atoms with Gasteiger partial charge in [-0.05, 0) is 48.0 Å². The number of imidazole rings is 1. The standard InChI is InChI=1S/C25H17F3N4O3/c26-25(27,28)16-8-11-21-20(13-16)30-24(32(21)14-17-7-4-12-35-17)31-23(34)18-9-10-19(29-22(18)33)15-5-2-1-3-6-15/h1-13H,14H2,(H,29,33)(H,30,31,34). The molecule has 35 heavy (non-hydrogen) atoms. The predicted octanol–water partition coefficient (Wildman–Crippen LogP) is 5.30. The molecule has 5 aromatic rings. The Labute approximate surface area is 195 Å². The Kier molecular flexibility index (Phi) is 5.48. The summed E-state index contributed by atoms with van der Waals surface area (Å²) in [5, 5.41) is 2.56. The maximum Gasteiger partial charge on any atom is 0.416 e. The number of H-pyrrole nitrogens is 1. The molecule has 7 nitrogen and oxygen atoms in total. The number of aromatic nitrogens is 3. The zero-order chi connectivity index (χ0) is 24.6. The van der Waals surface area contributed by atoms with E-state index >= 15 is 0 Å². The fourth-order valence-corrected chi connectivity index (χ4v) is 3.73. The second-order valence-corrected chi connectivity index (χ2v) is 7.74. The lowest BCUT2D eigenvalue weighted by Crippen LogP contribution is -2.24. The number of rotatable bonds is 5. The number of carbonyl (C=O) groups is 1. The third-order valence-electron chi connectivity index (χ3n) is 5.43. The molecule has 0 aliphatic rings. The van der Waals surface area contributed by atoms with E-state index < -0.39 is 23.2 Å². The molecule has 0 atom stereocenters. The molecule has 0 saturated carbocycles. The van der Waals surface area contributed by atoms with Crippen LogP contribution in [0.5, 0.6) is 0 Å². The van der Waals surface area contributed by atoms with Crippen molar-refractivity contribution in [3.63, 3.8) is 0 Å². The van der Waals surface area contributed by atoms with Crippen molar-refractivity contribution in [1.29, 1.82) is 0 Å². The number of anilines is 1. The van der Waals surface area contributed by atoms with Crippen LogP contribution < -0.4 is 10.9 Å². The minimum absolute atomic E-state index is 0.0211. The molecule has 3 heterocycles. The van der Waals surface area contributed by atoms with E-state index in [0.29, 0.717) is 17.0 Å². The third-order valence-corrected chi connectivity index (χ3v) is 5.43. The molecular formula is C25H17F3N4O3. The molecule has 0 saturated heterocycles. The monoisotopic (exact) mass is 478 g/mol. The van der Waals surface area contributed by atoms with Crippen molar-refractivity contribution in [2.45, 2.75) is 12.7 Å². The van der Waals surface area contributed by atoms with Gasteiger partial charge in [-0.1, -0.05) is 30.3 Å². The summed E-state index contributed by atoms with van der Waals surface area (Å²) in [6.45, 7) is 0.105. The van der Waals surface area contributed by atoms with Gasteiger partial charge in [0.25, 0.3) is 11.5 Å². The summed E-state index contributed by atoms with van der Waals surface area (Å²) in [5.74, 6) is -0.269. The van der Waals surface area contributed by atoms with E-state index in [2.05, 4.69) is 15.3 Å². The molecule has 3 aromatic heterocycles. The largest absolute Gasteiger partial charge is 0.467 e. The van der Waals surface area contributed by atoms with E-state index in [1.807, 2.05) is 30.3 Å². The van der Waals surface area contributed by atoms with Crippen molar-refractivity contribution in [2.24, 2.45) is 0 Å². The lowest BCUT2D eigenvalue weighted by molar-refractivity contribution is -0.137. The molecule has 0 bridgehead atoms. The van der Waals surface area contributed by atoms with Gasteiger partial charge in [0, 0.05) is 5.69 Å². The van der Waals surface area contributed by atoms with Gasteiger partial charge in [-0.25, -0.2) is 4.98 Å². The minimum Gasteiger partial charge on any atom is -0.467 e. The Morgan fingerprint density at radius 2 is 1.83 bits per heavy atom. The number of benzene rings is 2. The highest BCUT2D eigenvalue weighted by Gasteiger charge is 2.31. The molecule has 10 heteroatoms. The number of hydrogen-bond acceptors (Lipinski definition) is 4. The average Bonchev–Trinajstić information content (AvgIpc) is 3.47. The van der Waals surface area contributed by atoms with Crippen LogP contribution in [-0.4, -0.2) is 20.4 Å². The lowest BCUT2D eigenvalue weighted by Gasteiger charge is -2.10. The Morgan fingerprint density at radius 3 is 2.51 bits per heavy atom. The first-order valence-corrected chi connectivity index (χ1v) is 10.5. The van der Waals surface area contributed by atoms with Gasteiger partial charge in [0.2, 0.25) is 5.95 Å². The number of fused-ring (bicyclic) bond motifs is 1. The number of aromatic amines is 1. The smallest absolute Gasteiger partial charge is 0.416 e. The van der Waals surface area contributed by atoms with E-state index in [4.69, 9.17) is 4.42 Å². The molecule has 0 fully saturated rings. The van der Waals surface area contributed by atoms with E-state index in [9.17, 15) is 22.8 Å². The molecule has 1 amide bonds. The van der Waals surface area contributed by atoms with Crippen LogP contribution in [0.3, 0.4) is 0 Å². The van der Waals surface area contributed by atoms with Gasteiger partial charge in [0.05, 0.1) is 29.4 Å². The molecule has 2 aromatic carbocycles. The molecule has 2 N–H and O–H groups in total. The Balaban J connectivity index is 1.51. The van der Waals surface area contributed by atoms with Crippen molar-refractivity contribution in [3.05, 3.63) is 106 Å². The first-order valence-electron chi connectivity index (χ1n) is 10.5. The van der Waals surface area contributed by atoms with Crippen LogP contribution in [0.4, 0.5) is 19.1 Å². The number of halogens is 3. The number of amides is 1. The molecule has 0 aliphatic heterocycles. The molecule has 5 rings (SSSR count). The van der Waals surface area contributed by atoms with Crippen LogP contribution in [-0.2, 0) is 12.7 Å². The van der Waals surface area contributed by atoms with Gasteiger partial charge in [0.15, 0.2) is 0 Å². The van der Waals surface area contributed by atoms with Gasteiger partial charge < -0.3 is 14.0 Å². The maximum atomic E-state index is 13.2. The highest BCUT2D eigenvalue weighted by atomic mass is 19.4. The predicted molar refractivity (Wildman–Crippen MR) is 123 cm³/mol. The number of nitrogens with zero attached hydrogens (tertiary/aromatic N) is 2. The number of carbonyl (C=O) groups excluding carboxylic acids is 1. The third kappa shape index (κ3) is 4.45. The Bertz CT molecular complexity index is 1570. The van der Waals surface area contributed by atoms with E-state index in [0.717, 1.165) is 17.7 Å². The van der Waals surface area contributed by atoms with Gasteiger partial charge in [0.1, 0.15) is 11.3 Å². The maximum absolute atomic E-state index is 13.2. The Morgan fingerprint density at radius 1 is 1.03 bits per heavy atom. The Hall–Kier alpha value is -4.60. The van der Waals surface area contributed by atoms with Crippen molar-refractivity contribution in [2.75, 3.05) is 5.32 Å². The van der Waals surface area contributed by atoms with Gasteiger partial charge in [-0.2, -0.15) is 13.2 Å². The summed E-state index contributed by atoms with van der Waals surface area (Å²) in [6, 6.07) is 18.6. The van der Waals surface area contributed by atoms with Crippen molar-refractivity contribution >= 4 is 22.9 Å². The molecule has 0 radical (unpaired) electrons. The number of pyridine rings is 1. The SMILES string of the molecule is O=C(Nc1nc2cc(C(F)(F)F)ccc2n1Cc1ccco1)c1ccc(-c2ccccc2)[nH]c1=O. The highest BCUT2D eigenvalue weighted by Crippen LogP contribution is 2.32. The zero-order valence-corrected chi connectivity index (χ0v) is 18.0. The first-order chi connectivity index (χ1) is 16.8. The number of alkyl halides is 3. The second-order valence-electron chi connectivity index (χ2n) is 7.74. The fraction of sp³-hybridized carbons (Fsp3) is 0.0800. The van der Waals surface area contributed by atoms with Gasteiger partial charge in [-0.3, -0.25) is 14.9 Å². The minimum atomic E-state index is -4.55. The first kappa shape index (κ1) is 22.2. The second kappa shape index (κ2) is 8.64. The van der Waals surface area contributed by atoms with Crippen LogP contribution in [0.1, 0.15) is 21.7 Å². The van der Waals surface area contributed by atoms with Gasteiger partial charge in [-0.15, -0.1) is 0 Å². The topological polar surface area (TPSA) is 92.9 Å². The van der Waals surface area contributed by atoms with Gasteiger partial charge >= 0.3 is 6.18 Å². The van der Waals surface area contributed by atoms with Crippen LogP contribution in [0.15, 0.2) is 88.3 Å². The van der Waals surface area contributed by atoms with Crippen LogP contribution in [0.25, 0.3) is 22.3 Å². The van der Waals surface area contributed by atoms with Crippen LogP contribution in [0.2, 0.25) is 0 Å². The van der Waals surface area contributed by atoms with E-state index in [-0.39, 0.29) is 23.6 Å². The van der Waals surface area contributed by atoms with Crippen molar-refractivity contribution in [3.8, 4) is 11.3 Å². The molecule has 0 aliphatic carbocycles. The summed E-state index contributed by atoms with van der Waals surface area (Å²) in [4.78, 5) is 32.5. The lowest BCUT2D eigenvalue weighted by atomic mass is 10.1. The summed E-state index contributed by atoms with van der Waals surface area (Å²) >= 11 is 0. The summed E-state index contributed by atoms with van der Waals surface area (Å²) in [6.07, 6.45) is -3.08. The summed E-state index contributed by atoms with van der Waals surface area (Å²) in [5.41, 5.74) is 0.0647. The molecule has 0 spiro atoms. The van der Waals surface area contributed by atoms with Crippen molar-refractivity contribution < 1.29 is 22.4 Å². The highest BCUT2D eigenvalue weighted by molar-refractivity contribution is 6.04. The number of furan rings is 1. The van der Waals surface area contributed by atoms with Crippen LogP contribution >= 0.6 is 0 Å². The van der Waals surface area contributed by atoms with E-state index in [1.165, 1.54) is 23.0 Å². The number of nitrogens with one attached hydrogen (secondary N) is 2. The molecule has 176 valence electrons. The quantitative estimate of drug-likeness (QED) is 0.358. The fourth-order valence-electron chi connectivity index (χ4n) is 3.73. The number of hydrogen-bond donors (Lipinski definition) is 2. The van der Waals surface area contributed by atoms with Crippen LogP contribution in [0, 0.1) is 0 Å². The average molecular weight is 478 g/mol. The van der Waals surface area contributed by atoms with Crippen molar-refractivity contribution in [1.82, 2.24) is 14.5 Å². The molecular weight excluding hydrogens is 461 g/mol. The normalized spacial score (nSPS) is 11.6.